The zero-order valence-corrected chi connectivity index (χ0v) is 12.9. The number of hydrogen-bond donors (Lipinski definition) is 1. The van der Waals surface area contributed by atoms with Gasteiger partial charge in [0.2, 0.25) is 0 Å². The first-order valence-electron chi connectivity index (χ1n) is 6.68. The number of aromatic nitrogens is 4. The number of benzene rings is 1. The summed E-state index contributed by atoms with van der Waals surface area (Å²) >= 11 is 5.87. The third-order valence-electron chi connectivity index (χ3n) is 2.91. The van der Waals surface area contributed by atoms with Crippen LogP contribution in [-0.4, -0.2) is 25.7 Å². The highest BCUT2D eigenvalue weighted by Crippen LogP contribution is 2.10. The van der Waals surface area contributed by atoms with Crippen LogP contribution in [0, 0.1) is 0 Å². The Hall–Kier alpha value is -1.46. The van der Waals surface area contributed by atoms with Gasteiger partial charge in [-0.05, 0) is 55.3 Å². The summed E-state index contributed by atoms with van der Waals surface area (Å²) in [5, 5.41) is 16.0. The Labute approximate surface area is 124 Å². The van der Waals surface area contributed by atoms with E-state index in [-0.39, 0.29) is 5.54 Å². The summed E-state index contributed by atoms with van der Waals surface area (Å²) in [5.74, 6) is 0.855. The third kappa shape index (κ3) is 4.58. The Morgan fingerprint density at radius 2 is 1.90 bits per heavy atom. The van der Waals surface area contributed by atoms with E-state index in [1.54, 1.807) is 0 Å². The molecule has 108 valence electrons. The molecule has 0 amide bonds. The Morgan fingerprint density at radius 3 is 2.55 bits per heavy atom. The average molecular weight is 294 g/mol. The summed E-state index contributed by atoms with van der Waals surface area (Å²) in [6.07, 6.45) is 0.880. The summed E-state index contributed by atoms with van der Waals surface area (Å²) < 4.78 is 1.84. The van der Waals surface area contributed by atoms with Gasteiger partial charge in [-0.3, -0.25) is 0 Å². The molecule has 1 aromatic heterocycles. The molecule has 0 atom stereocenters. The van der Waals surface area contributed by atoms with Gasteiger partial charge in [0.25, 0.3) is 0 Å². The van der Waals surface area contributed by atoms with E-state index in [2.05, 4.69) is 41.6 Å². The van der Waals surface area contributed by atoms with Crippen LogP contribution in [0.1, 0.15) is 32.2 Å². The maximum atomic E-state index is 5.87. The average Bonchev–Trinajstić information content (AvgIpc) is 2.82. The van der Waals surface area contributed by atoms with Crippen LogP contribution in [0.3, 0.4) is 0 Å². The van der Waals surface area contributed by atoms with Gasteiger partial charge in [0.1, 0.15) is 0 Å². The van der Waals surface area contributed by atoms with E-state index >= 15 is 0 Å². The number of halogens is 1. The van der Waals surface area contributed by atoms with Gasteiger partial charge in [-0.2, -0.15) is 0 Å². The number of nitrogens with one attached hydrogen (secondary N) is 1. The van der Waals surface area contributed by atoms with Crippen molar-refractivity contribution in [2.75, 3.05) is 0 Å². The molecule has 2 aromatic rings. The minimum Gasteiger partial charge on any atom is -0.305 e. The zero-order chi connectivity index (χ0) is 14.6. The van der Waals surface area contributed by atoms with E-state index in [0.717, 1.165) is 23.8 Å². The lowest BCUT2D eigenvalue weighted by Crippen LogP contribution is -2.36. The van der Waals surface area contributed by atoms with E-state index in [1.807, 2.05) is 28.9 Å². The minimum absolute atomic E-state index is 0.0486. The number of nitrogens with zero attached hydrogens (tertiary/aromatic N) is 4. The van der Waals surface area contributed by atoms with E-state index in [1.165, 1.54) is 5.56 Å². The number of aryl methyl sites for hydroxylation is 2. The first kappa shape index (κ1) is 14.9. The number of tetrazole rings is 1. The fraction of sp³-hybridized carbons (Fsp3) is 0.500. The Kier molecular flexibility index (Phi) is 4.73. The predicted octanol–water partition coefficient (Wildman–Crippen LogP) is 2.46. The van der Waals surface area contributed by atoms with Crippen molar-refractivity contribution in [1.82, 2.24) is 25.5 Å². The standard InChI is InChI=1S/C14H20ClN5/c1-14(2,3)16-10-13-17-18-19-20(13)9-8-11-4-6-12(15)7-5-11/h4-7,16H,8-10H2,1-3H3. The van der Waals surface area contributed by atoms with Gasteiger partial charge in [0.05, 0.1) is 6.54 Å². The Balaban J connectivity index is 1.93. The highest BCUT2D eigenvalue weighted by Gasteiger charge is 2.12. The van der Waals surface area contributed by atoms with Crippen molar-refractivity contribution in [1.29, 1.82) is 0 Å². The molecule has 0 fully saturated rings. The van der Waals surface area contributed by atoms with Gasteiger partial charge in [0.15, 0.2) is 5.82 Å². The lowest BCUT2D eigenvalue weighted by Gasteiger charge is -2.19. The molecule has 0 spiro atoms. The van der Waals surface area contributed by atoms with Crippen LogP contribution in [0.15, 0.2) is 24.3 Å². The van der Waals surface area contributed by atoms with Crippen molar-refractivity contribution in [3.05, 3.63) is 40.7 Å². The van der Waals surface area contributed by atoms with Gasteiger partial charge in [0, 0.05) is 17.1 Å². The minimum atomic E-state index is 0.0486. The second kappa shape index (κ2) is 6.33. The third-order valence-corrected chi connectivity index (χ3v) is 3.16. The van der Waals surface area contributed by atoms with Crippen LogP contribution in [0.25, 0.3) is 0 Å². The van der Waals surface area contributed by atoms with Crippen molar-refractivity contribution >= 4 is 11.6 Å². The van der Waals surface area contributed by atoms with Gasteiger partial charge in [-0.1, -0.05) is 23.7 Å². The smallest absolute Gasteiger partial charge is 0.165 e. The van der Waals surface area contributed by atoms with Crippen molar-refractivity contribution in [3.63, 3.8) is 0 Å². The molecule has 2 rings (SSSR count). The van der Waals surface area contributed by atoms with Crippen molar-refractivity contribution in [2.24, 2.45) is 0 Å². The van der Waals surface area contributed by atoms with Gasteiger partial charge in [-0.15, -0.1) is 5.10 Å². The lowest BCUT2D eigenvalue weighted by molar-refractivity contribution is 0.407. The summed E-state index contributed by atoms with van der Waals surface area (Å²) in [6.45, 7) is 7.78. The van der Waals surface area contributed by atoms with Gasteiger partial charge >= 0.3 is 0 Å². The van der Waals surface area contributed by atoms with Crippen LogP contribution >= 0.6 is 11.6 Å². The van der Waals surface area contributed by atoms with Gasteiger partial charge < -0.3 is 5.32 Å². The second-order valence-electron chi connectivity index (χ2n) is 5.80. The Bertz CT molecular complexity index is 541. The molecule has 1 N–H and O–H groups in total. The molecule has 0 unspecified atom stereocenters. The van der Waals surface area contributed by atoms with Crippen LogP contribution in [-0.2, 0) is 19.5 Å². The van der Waals surface area contributed by atoms with Crippen LogP contribution in [0.2, 0.25) is 5.02 Å². The monoisotopic (exact) mass is 293 g/mol. The second-order valence-corrected chi connectivity index (χ2v) is 6.23. The molecule has 1 heterocycles. The zero-order valence-electron chi connectivity index (χ0n) is 12.1. The predicted molar refractivity (Wildman–Crippen MR) is 79.6 cm³/mol. The summed E-state index contributed by atoms with van der Waals surface area (Å²) in [4.78, 5) is 0. The molecular weight excluding hydrogens is 274 g/mol. The fourth-order valence-electron chi connectivity index (χ4n) is 1.75. The molecule has 20 heavy (non-hydrogen) atoms. The molecule has 0 saturated carbocycles. The largest absolute Gasteiger partial charge is 0.305 e. The van der Waals surface area contributed by atoms with Gasteiger partial charge in [-0.25, -0.2) is 4.68 Å². The molecule has 0 bridgehead atoms. The maximum absolute atomic E-state index is 5.87. The maximum Gasteiger partial charge on any atom is 0.165 e. The van der Waals surface area contributed by atoms with Crippen molar-refractivity contribution in [2.45, 2.75) is 45.8 Å². The first-order chi connectivity index (χ1) is 9.44. The van der Waals surface area contributed by atoms with Crippen molar-refractivity contribution < 1.29 is 0 Å². The number of hydrogen-bond acceptors (Lipinski definition) is 4. The molecule has 0 aliphatic heterocycles. The first-order valence-corrected chi connectivity index (χ1v) is 7.06. The normalized spacial score (nSPS) is 11.8. The Morgan fingerprint density at radius 1 is 1.20 bits per heavy atom. The fourth-order valence-corrected chi connectivity index (χ4v) is 1.88. The lowest BCUT2D eigenvalue weighted by atomic mass is 10.1. The molecular formula is C14H20ClN5. The van der Waals surface area contributed by atoms with E-state index in [4.69, 9.17) is 11.6 Å². The van der Waals surface area contributed by atoms with E-state index in [0.29, 0.717) is 6.54 Å². The molecule has 0 saturated heterocycles. The molecule has 0 aliphatic carbocycles. The van der Waals surface area contributed by atoms with E-state index < -0.39 is 0 Å². The highest BCUT2D eigenvalue weighted by atomic mass is 35.5. The summed E-state index contributed by atoms with van der Waals surface area (Å²) in [7, 11) is 0. The molecule has 6 heteroatoms. The molecule has 1 aromatic carbocycles. The topological polar surface area (TPSA) is 55.6 Å². The van der Waals surface area contributed by atoms with E-state index in [9.17, 15) is 0 Å². The van der Waals surface area contributed by atoms with Crippen LogP contribution in [0.4, 0.5) is 0 Å². The van der Waals surface area contributed by atoms with Crippen molar-refractivity contribution in [3.8, 4) is 0 Å². The quantitative estimate of drug-likeness (QED) is 0.920. The highest BCUT2D eigenvalue weighted by molar-refractivity contribution is 6.30. The molecule has 5 nitrogen and oxygen atoms in total. The SMILES string of the molecule is CC(C)(C)NCc1nnnn1CCc1ccc(Cl)cc1. The molecule has 0 aliphatic rings. The number of rotatable bonds is 5. The van der Waals surface area contributed by atoms with Crippen LogP contribution in [0.5, 0.6) is 0 Å². The molecule has 0 radical (unpaired) electrons. The summed E-state index contributed by atoms with van der Waals surface area (Å²) in [5.41, 5.74) is 1.27. The van der Waals surface area contributed by atoms with Crippen LogP contribution < -0.4 is 5.32 Å². The summed E-state index contributed by atoms with van der Waals surface area (Å²) in [6, 6.07) is 7.86.